The Hall–Kier alpha value is -3.42. The van der Waals surface area contributed by atoms with E-state index in [0.717, 1.165) is 0 Å². The fraction of sp³-hybridized carbons (Fsp3) is 0.125. The maximum absolute atomic E-state index is 11.9. The average molecular weight is 330 g/mol. The molecule has 8 nitrogen and oxygen atoms in total. The largest absolute Gasteiger partial charge is 0.506 e. The first kappa shape index (κ1) is 15.5. The lowest BCUT2D eigenvalue weighted by molar-refractivity contribution is 0.0592. The summed E-state index contributed by atoms with van der Waals surface area (Å²) in [5.74, 6) is -1.52. The van der Waals surface area contributed by atoms with Crippen molar-refractivity contribution in [3.63, 3.8) is 0 Å². The molecule has 3 rings (SSSR count). The summed E-state index contributed by atoms with van der Waals surface area (Å²) >= 11 is 0. The number of hydrogen-bond donors (Lipinski definition) is 4. The SMILES string of the molecule is COC(=O)c1ccc(O)c2c1Nc1c(O)ccc(C(=O)OC)c1N2. The Morgan fingerprint density at radius 2 is 1.12 bits per heavy atom. The first-order valence-corrected chi connectivity index (χ1v) is 6.90. The van der Waals surface area contributed by atoms with Crippen LogP contribution in [0.15, 0.2) is 24.3 Å². The minimum atomic E-state index is -0.618. The van der Waals surface area contributed by atoms with Crippen molar-refractivity contribution in [2.24, 2.45) is 0 Å². The van der Waals surface area contributed by atoms with E-state index in [2.05, 4.69) is 10.6 Å². The molecule has 8 heteroatoms. The van der Waals surface area contributed by atoms with Crippen LogP contribution in [-0.4, -0.2) is 36.4 Å². The highest BCUT2D eigenvalue weighted by molar-refractivity contribution is 6.10. The lowest BCUT2D eigenvalue weighted by atomic mass is 10.0. The normalized spacial score (nSPS) is 11.4. The summed E-state index contributed by atoms with van der Waals surface area (Å²) in [5, 5.41) is 25.9. The molecule has 0 aromatic heterocycles. The molecule has 0 saturated heterocycles. The van der Waals surface area contributed by atoms with E-state index in [1.807, 2.05) is 0 Å². The number of anilines is 4. The van der Waals surface area contributed by atoms with E-state index < -0.39 is 11.9 Å². The second-order valence-electron chi connectivity index (χ2n) is 5.00. The monoisotopic (exact) mass is 330 g/mol. The Labute approximate surface area is 136 Å². The number of methoxy groups -OCH3 is 2. The van der Waals surface area contributed by atoms with Crippen LogP contribution in [0.2, 0.25) is 0 Å². The Kier molecular flexibility index (Phi) is 3.64. The molecule has 0 saturated carbocycles. The molecule has 0 atom stereocenters. The maximum Gasteiger partial charge on any atom is 0.340 e. The van der Waals surface area contributed by atoms with Crippen molar-refractivity contribution in [2.45, 2.75) is 0 Å². The number of esters is 2. The summed E-state index contributed by atoms with van der Waals surface area (Å²) in [6.07, 6.45) is 0. The van der Waals surface area contributed by atoms with Crippen LogP contribution in [0.4, 0.5) is 22.7 Å². The molecule has 2 aromatic carbocycles. The van der Waals surface area contributed by atoms with Crippen molar-refractivity contribution in [1.29, 1.82) is 0 Å². The lowest BCUT2D eigenvalue weighted by Gasteiger charge is -2.27. The van der Waals surface area contributed by atoms with Crippen molar-refractivity contribution in [1.82, 2.24) is 0 Å². The molecule has 0 bridgehead atoms. The zero-order valence-electron chi connectivity index (χ0n) is 12.8. The minimum absolute atomic E-state index is 0.144. The molecule has 0 aliphatic carbocycles. The van der Waals surface area contributed by atoms with E-state index in [-0.39, 0.29) is 45.4 Å². The van der Waals surface area contributed by atoms with Crippen LogP contribution in [0.25, 0.3) is 0 Å². The molecule has 124 valence electrons. The zero-order chi connectivity index (χ0) is 17.4. The molecule has 1 heterocycles. The third-order valence-corrected chi connectivity index (χ3v) is 3.68. The van der Waals surface area contributed by atoms with Crippen molar-refractivity contribution in [2.75, 3.05) is 24.9 Å². The minimum Gasteiger partial charge on any atom is -0.506 e. The van der Waals surface area contributed by atoms with Crippen LogP contribution in [0.5, 0.6) is 11.5 Å². The molecule has 1 aliphatic heterocycles. The molecule has 4 N–H and O–H groups in total. The van der Waals surface area contributed by atoms with Crippen LogP contribution in [0.1, 0.15) is 20.7 Å². The summed E-state index contributed by atoms with van der Waals surface area (Å²) < 4.78 is 9.43. The van der Waals surface area contributed by atoms with Gasteiger partial charge in [0.25, 0.3) is 0 Å². The smallest absolute Gasteiger partial charge is 0.340 e. The predicted octanol–water partition coefficient (Wildman–Crippen LogP) is 2.47. The molecular weight excluding hydrogens is 316 g/mol. The van der Waals surface area contributed by atoms with Gasteiger partial charge in [0.05, 0.1) is 36.7 Å². The van der Waals surface area contributed by atoms with E-state index >= 15 is 0 Å². The number of ether oxygens (including phenoxy) is 2. The molecule has 1 aliphatic rings. The highest BCUT2D eigenvalue weighted by atomic mass is 16.5. The summed E-state index contributed by atoms with van der Waals surface area (Å²) in [6, 6.07) is 5.43. The van der Waals surface area contributed by atoms with Gasteiger partial charge in [0.2, 0.25) is 0 Å². The number of phenolic OH excluding ortho intramolecular Hbond substituents is 2. The van der Waals surface area contributed by atoms with Crippen LogP contribution < -0.4 is 10.6 Å². The molecule has 0 radical (unpaired) electrons. The van der Waals surface area contributed by atoms with Gasteiger partial charge in [0.15, 0.2) is 0 Å². The fourth-order valence-electron chi connectivity index (χ4n) is 2.51. The van der Waals surface area contributed by atoms with Crippen molar-refractivity contribution in [3.05, 3.63) is 35.4 Å². The number of fused-ring (bicyclic) bond motifs is 2. The van der Waals surface area contributed by atoms with Crippen LogP contribution >= 0.6 is 0 Å². The van der Waals surface area contributed by atoms with Gasteiger partial charge in [-0.2, -0.15) is 0 Å². The molecule has 2 aromatic rings. The number of rotatable bonds is 2. The van der Waals surface area contributed by atoms with E-state index in [4.69, 9.17) is 9.47 Å². The predicted molar refractivity (Wildman–Crippen MR) is 85.5 cm³/mol. The maximum atomic E-state index is 11.9. The van der Waals surface area contributed by atoms with Gasteiger partial charge in [-0.1, -0.05) is 0 Å². The summed E-state index contributed by atoms with van der Waals surface area (Å²) in [7, 11) is 2.47. The third-order valence-electron chi connectivity index (χ3n) is 3.68. The molecule has 0 unspecified atom stereocenters. The first-order valence-electron chi connectivity index (χ1n) is 6.90. The Morgan fingerprint density at radius 1 is 0.750 bits per heavy atom. The highest BCUT2D eigenvalue weighted by Gasteiger charge is 2.29. The van der Waals surface area contributed by atoms with Crippen LogP contribution in [0.3, 0.4) is 0 Å². The number of aromatic hydroxyl groups is 2. The van der Waals surface area contributed by atoms with Gasteiger partial charge in [-0.05, 0) is 24.3 Å². The Bertz CT molecular complexity index is 791. The second kappa shape index (κ2) is 5.65. The number of nitrogens with one attached hydrogen (secondary N) is 2. The van der Waals surface area contributed by atoms with E-state index in [0.29, 0.717) is 0 Å². The van der Waals surface area contributed by atoms with Gasteiger partial charge in [0, 0.05) is 0 Å². The highest BCUT2D eigenvalue weighted by Crippen LogP contribution is 2.49. The zero-order valence-corrected chi connectivity index (χ0v) is 12.8. The summed E-state index contributed by atoms with van der Waals surface area (Å²) in [4.78, 5) is 23.8. The van der Waals surface area contributed by atoms with E-state index in [1.165, 1.54) is 38.5 Å². The lowest BCUT2D eigenvalue weighted by Crippen LogP contribution is -2.15. The number of phenols is 2. The number of hydrogen-bond acceptors (Lipinski definition) is 8. The topological polar surface area (TPSA) is 117 Å². The van der Waals surface area contributed by atoms with E-state index in [1.54, 1.807) is 0 Å². The van der Waals surface area contributed by atoms with Crippen molar-refractivity contribution >= 4 is 34.7 Å². The number of benzene rings is 2. The third kappa shape index (κ3) is 2.24. The molecule has 0 spiro atoms. The van der Waals surface area contributed by atoms with Gasteiger partial charge in [-0.3, -0.25) is 0 Å². The van der Waals surface area contributed by atoms with Gasteiger partial charge >= 0.3 is 11.9 Å². The Morgan fingerprint density at radius 3 is 1.46 bits per heavy atom. The molecule has 0 fully saturated rings. The van der Waals surface area contributed by atoms with Crippen molar-refractivity contribution in [3.8, 4) is 11.5 Å². The van der Waals surface area contributed by atoms with Gasteiger partial charge < -0.3 is 30.3 Å². The van der Waals surface area contributed by atoms with Crippen molar-refractivity contribution < 1.29 is 29.3 Å². The standard InChI is InChI=1S/C16H14N2O6/c1-23-15(21)7-3-5-9(19)13-11(7)17-14-10(20)6-4-8(12(14)18-13)16(22)24-2/h3-6,17-20H,1-2H3. The molecular formula is C16H14N2O6. The fourth-order valence-corrected chi connectivity index (χ4v) is 2.51. The van der Waals surface area contributed by atoms with E-state index in [9.17, 15) is 19.8 Å². The second-order valence-corrected chi connectivity index (χ2v) is 5.00. The first-order chi connectivity index (χ1) is 11.5. The average Bonchev–Trinajstić information content (AvgIpc) is 2.60. The Balaban J connectivity index is 2.21. The van der Waals surface area contributed by atoms with Gasteiger partial charge in [-0.15, -0.1) is 0 Å². The summed E-state index contributed by atoms with van der Waals surface area (Å²) in [6.45, 7) is 0. The van der Waals surface area contributed by atoms with Crippen LogP contribution in [0, 0.1) is 0 Å². The van der Waals surface area contributed by atoms with Crippen LogP contribution in [-0.2, 0) is 9.47 Å². The molecule has 0 amide bonds. The molecule has 24 heavy (non-hydrogen) atoms. The van der Waals surface area contributed by atoms with Gasteiger partial charge in [0.1, 0.15) is 22.9 Å². The quantitative estimate of drug-likeness (QED) is 0.418. The number of carbonyl (C=O) groups is 2. The summed E-state index contributed by atoms with van der Waals surface area (Å²) in [5.41, 5.74) is 1.14. The number of carbonyl (C=O) groups excluding carboxylic acids is 2. The van der Waals surface area contributed by atoms with Gasteiger partial charge in [-0.25, -0.2) is 9.59 Å².